The third-order valence-corrected chi connectivity index (χ3v) is 8.10. The largest absolute Gasteiger partial charge is 0.480 e. The van der Waals surface area contributed by atoms with Gasteiger partial charge in [0.25, 0.3) is 11.8 Å². The zero-order valence-corrected chi connectivity index (χ0v) is 24.6. The molecule has 0 spiro atoms. The monoisotopic (exact) mass is 598 g/mol. The van der Waals surface area contributed by atoms with E-state index in [0.717, 1.165) is 0 Å². The van der Waals surface area contributed by atoms with E-state index in [1.165, 1.54) is 9.80 Å². The number of aliphatic carboxylic acids is 2. The molecule has 0 aliphatic carbocycles. The highest BCUT2D eigenvalue weighted by Gasteiger charge is 2.44. The molecular formula is C29H38N6O8. The van der Waals surface area contributed by atoms with E-state index in [4.69, 9.17) is 0 Å². The molecule has 4 atom stereocenters. The van der Waals surface area contributed by atoms with E-state index >= 15 is 0 Å². The van der Waals surface area contributed by atoms with Crippen LogP contribution in [0.1, 0.15) is 60.5 Å². The standard InChI is InChI=1S/C29H38N6O8/c1-29(2,13-23(36)34-15-17(11-21(34)27(40)41)30-25(38)19-7-5-9-32(19)3)14-24(37)35-16-18(12-22(35)28(42)43)31-26(39)20-8-6-10-33(20)4/h5-10,17-18,21-22H,11-16H2,1-4H3,(H,30,38)(H,31,39)(H,40,41)(H,42,43). The zero-order valence-electron chi connectivity index (χ0n) is 24.6. The average molecular weight is 599 g/mol. The lowest BCUT2D eigenvalue weighted by atomic mass is 9.84. The summed E-state index contributed by atoms with van der Waals surface area (Å²) in [4.78, 5) is 78.4. The number of nitrogens with one attached hydrogen (secondary N) is 2. The quantitative estimate of drug-likeness (QED) is 0.304. The maximum atomic E-state index is 13.4. The van der Waals surface area contributed by atoms with Crippen LogP contribution in [0.2, 0.25) is 0 Å². The van der Waals surface area contributed by atoms with Crippen molar-refractivity contribution in [1.29, 1.82) is 0 Å². The number of carbonyl (C=O) groups excluding carboxylic acids is 4. The lowest BCUT2D eigenvalue weighted by Crippen LogP contribution is -2.45. The van der Waals surface area contributed by atoms with Crippen LogP contribution in [0.4, 0.5) is 0 Å². The number of carboxylic acids is 2. The van der Waals surface area contributed by atoms with Crippen LogP contribution < -0.4 is 10.6 Å². The first-order valence-corrected chi connectivity index (χ1v) is 14.1. The second-order valence-corrected chi connectivity index (χ2v) is 12.1. The van der Waals surface area contributed by atoms with Crippen molar-refractivity contribution in [3.05, 3.63) is 48.0 Å². The molecule has 0 bridgehead atoms. The molecule has 2 aliphatic rings. The molecule has 0 radical (unpaired) electrons. The van der Waals surface area contributed by atoms with E-state index in [9.17, 15) is 39.0 Å². The molecule has 14 nitrogen and oxygen atoms in total. The Labute approximate surface area is 248 Å². The highest BCUT2D eigenvalue weighted by atomic mass is 16.4. The number of amides is 4. The molecule has 232 valence electrons. The number of hydrogen-bond acceptors (Lipinski definition) is 6. The Kier molecular flexibility index (Phi) is 8.97. The normalized spacial score (nSPS) is 22.0. The Morgan fingerprint density at radius 1 is 0.744 bits per heavy atom. The van der Waals surface area contributed by atoms with Gasteiger partial charge in [0.05, 0.1) is 0 Å². The molecule has 4 N–H and O–H groups in total. The molecule has 0 aromatic carbocycles. The first-order valence-electron chi connectivity index (χ1n) is 14.1. The van der Waals surface area contributed by atoms with E-state index in [1.54, 1.807) is 73.7 Å². The minimum Gasteiger partial charge on any atom is -0.480 e. The first kappa shape index (κ1) is 31.3. The van der Waals surface area contributed by atoms with E-state index in [-0.39, 0.29) is 50.6 Å². The van der Waals surface area contributed by atoms with E-state index in [0.29, 0.717) is 11.4 Å². The number of aromatic nitrogens is 2. The van der Waals surface area contributed by atoms with Gasteiger partial charge in [0, 0.05) is 77.3 Å². The molecule has 4 rings (SSSR count). The Morgan fingerprint density at radius 2 is 1.12 bits per heavy atom. The van der Waals surface area contributed by atoms with Crippen molar-refractivity contribution >= 4 is 35.6 Å². The van der Waals surface area contributed by atoms with Gasteiger partial charge in [-0.15, -0.1) is 0 Å². The van der Waals surface area contributed by atoms with Gasteiger partial charge in [-0.1, -0.05) is 13.8 Å². The molecule has 2 fully saturated rings. The van der Waals surface area contributed by atoms with E-state index in [2.05, 4.69) is 10.6 Å². The van der Waals surface area contributed by atoms with Crippen molar-refractivity contribution in [2.45, 2.75) is 63.7 Å². The lowest BCUT2D eigenvalue weighted by molar-refractivity contribution is -0.150. The number of carboxylic acid groups (broad SMARTS) is 2. The van der Waals surface area contributed by atoms with Crippen molar-refractivity contribution in [2.75, 3.05) is 13.1 Å². The average Bonchev–Trinajstić information content (AvgIpc) is 3.69. The Bertz CT molecular complexity index is 1320. The van der Waals surface area contributed by atoms with Crippen LogP contribution in [0.3, 0.4) is 0 Å². The number of aryl methyl sites for hydroxylation is 2. The fourth-order valence-corrected chi connectivity index (χ4v) is 5.90. The minimum absolute atomic E-state index is 0.00568. The number of likely N-dealkylation sites (tertiary alicyclic amines) is 2. The van der Waals surface area contributed by atoms with Gasteiger partial charge in [-0.2, -0.15) is 0 Å². The highest BCUT2D eigenvalue weighted by molar-refractivity contribution is 5.94. The smallest absolute Gasteiger partial charge is 0.326 e. The van der Waals surface area contributed by atoms with Crippen molar-refractivity contribution in [3.63, 3.8) is 0 Å². The number of nitrogens with zero attached hydrogens (tertiary/aromatic N) is 4. The maximum Gasteiger partial charge on any atom is 0.326 e. The zero-order chi connectivity index (χ0) is 31.6. The van der Waals surface area contributed by atoms with E-state index < -0.39 is 53.3 Å². The van der Waals surface area contributed by atoms with Gasteiger partial charge < -0.3 is 39.8 Å². The molecule has 4 unspecified atom stereocenters. The van der Waals surface area contributed by atoms with Crippen molar-refractivity contribution in [2.24, 2.45) is 19.5 Å². The van der Waals surface area contributed by atoms with Crippen molar-refractivity contribution in [1.82, 2.24) is 29.6 Å². The highest BCUT2D eigenvalue weighted by Crippen LogP contribution is 2.31. The van der Waals surface area contributed by atoms with Crippen LogP contribution in [-0.2, 0) is 33.3 Å². The van der Waals surface area contributed by atoms with Gasteiger partial charge in [0.1, 0.15) is 23.5 Å². The summed E-state index contributed by atoms with van der Waals surface area (Å²) in [5.41, 5.74) is -0.131. The Balaban J connectivity index is 1.37. The van der Waals surface area contributed by atoms with Gasteiger partial charge >= 0.3 is 11.9 Å². The summed E-state index contributed by atoms with van der Waals surface area (Å²) in [7, 11) is 3.43. The summed E-state index contributed by atoms with van der Waals surface area (Å²) in [6.45, 7) is 3.38. The number of rotatable bonds is 10. The summed E-state index contributed by atoms with van der Waals surface area (Å²) in [5, 5.41) is 25.2. The predicted octanol–water partition coefficient (Wildman–Crippen LogP) is 0.438. The molecule has 2 aliphatic heterocycles. The molecule has 0 saturated carbocycles. The molecule has 2 aromatic heterocycles. The van der Waals surface area contributed by atoms with Crippen LogP contribution in [0.15, 0.2) is 36.7 Å². The topological polar surface area (TPSA) is 183 Å². The molecular weight excluding hydrogens is 560 g/mol. The van der Waals surface area contributed by atoms with Crippen molar-refractivity contribution < 1.29 is 39.0 Å². The third kappa shape index (κ3) is 7.07. The second kappa shape index (κ2) is 12.3. The predicted molar refractivity (Wildman–Crippen MR) is 152 cm³/mol. The van der Waals surface area contributed by atoms with Crippen LogP contribution in [0, 0.1) is 5.41 Å². The van der Waals surface area contributed by atoms with Crippen LogP contribution >= 0.6 is 0 Å². The molecule has 2 aromatic rings. The second-order valence-electron chi connectivity index (χ2n) is 12.1. The van der Waals surface area contributed by atoms with Crippen LogP contribution in [-0.4, -0.2) is 102 Å². The van der Waals surface area contributed by atoms with Gasteiger partial charge in [0.15, 0.2) is 0 Å². The summed E-state index contributed by atoms with van der Waals surface area (Å²) in [6.07, 6.45) is 3.18. The van der Waals surface area contributed by atoms with E-state index in [1.807, 2.05) is 0 Å². The summed E-state index contributed by atoms with van der Waals surface area (Å²) in [6, 6.07) is 3.28. The Morgan fingerprint density at radius 3 is 1.42 bits per heavy atom. The number of hydrogen-bond donors (Lipinski definition) is 4. The van der Waals surface area contributed by atoms with Gasteiger partial charge in [-0.25, -0.2) is 9.59 Å². The van der Waals surface area contributed by atoms with Gasteiger partial charge in [-0.05, 0) is 29.7 Å². The van der Waals surface area contributed by atoms with Crippen molar-refractivity contribution in [3.8, 4) is 0 Å². The summed E-state index contributed by atoms with van der Waals surface area (Å²) in [5.74, 6) is -4.10. The first-order chi connectivity index (χ1) is 20.2. The fraction of sp³-hybridized carbons (Fsp3) is 0.517. The molecule has 14 heteroatoms. The summed E-state index contributed by atoms with van der Waals surface area (Å²) >= 11 is 0. The summed E-state index contributed by atoms with van der Waals surface area (Å²) < 4.78 is 3.27. The minimum atomic E-state index is -1.19. The SMILES string of the molecule is Cn1cccc1C(=O)NC1CC(C(=O)O)N(C(=O)CC(C)(C)CC(=O)N2CC(NC(=O)c3cccn3C)CC2C(=O)O)C1. The fourth-order valence-electron chi connectivity index (χ4n) is 5.90. The number of carbonyl (C=O) groups is 6. The van der Waals surface area contributed by atoms with Crippen LogP contribution in [0.5, 0.6) is 0 Å². The maximum absolute atomic E-state index is 13.4. The molecule has 2 saturated heterocycles. The molecule has 43 heavy (non-hydrogen) atoms. The Hall–Kier alpha value is -4.62. The van der Waals surface area contributed by atoms with Gasteiger partial charge in [0.2, 0.25) is 11.8 Å². The molecule has 4 heterocycles. The third-order valence-electron chi connectivity index (χ3n) is 8.10. The van der Waals surface area contributed by atoms with Gasteiger partial charge in [-0.3, -0.25) is 19.2 Å². The van der Waals surface area contributed by atoms with Crippen LogP contribution in [0.25, 0.3) is 0 Å². The lowest BCUT2D eigenvalue weighted by Gasteiger charge is -2.31. The molecule has 4 amide bonds.